The molecule has 1 fully saturated rings. The van der Waals surface area contributed by atoms with Crippen LogP contribution in [-0.2, 0) is 20.6 Å². The number of nitrogens with zero attached hydrogens (tertiary/aromatic N) is 5. The first kappa shape index (κ1) is 15.7. The number of imidazole rings is 2. The molecular formula is C19H26N6+2. The minimum atomic E-state index is 0.453. The van der Waals surface area contributed by atoms with E-state index in [1.807, 2.05) is 12.1 Å². The standard InChI is InChI=1S/C19H26N6/c1-21-7-9-23(14-21)12-19-11-18(24-10-8-22(2)15-24)13-25(19)17-5-3-16(20)4-6-17/h3-10,14-15,18-19H,11-13,20H2,1-2H3/q+2. The fraction of sp³-hybridized carbons (Fsp3) is 0.368. The monoisotopic (exact) mass is 338 g/mol. The Morgan fingerprint density at radius 2 is 1.76 bits per heavy atom. The molecule has 4 rings (SSSR count). The predicted molar refractivity (Wildman–Crippen MR) is 96.9 cm³/mol. The maximum absolute atomic E-state index is 5.88. The smallest absolute Gasteiger partial charge is 0.243 e. The summed E-state index contributed by atoms with van der Waals surface area (Å²) < 4.78 is 8.80. The Morgan fingerprint density at radius 3 is 2.40 bits per heavy atom. The van der Waals surface area contributed by atoms with Gasteiger partial charge in [0.15, 0.2) is 0 Å². The Labute approximate surface area is 148 Å². The van der Waals surface area contributed by atoms with Gasteiger partial charge in [0, 0.05) is 17.8 Å². The Bertz CT molecular complexity index is 847. The van der Waals surface area contributed by atoms with Crippen molar-refractivity contribution in [2.75, 3.05) is 17.2 Å². The van der Waals surface area contributed by atoms with Crippen LogP contribution in [0.2, 0.25) is 0 Å². The number of rotatable bonds is 4. The first-order chi connectivity index (χ1) is 12.1. The third kappa shape index (κ3) is 3.24. The van der Waals surface area contributed by atoms with Gasteiger partial charge in [-0.1, -0.05) is 0 Å². The molecule has 6 heteroatoms. The Balaban J connectivity index is 1.61. The summed E-state index contributed by atoms with van der Waals surface area (Å²) in [6.45, 7) is 1.99. The highest BCUT2D eigenvalue weighted by Crippen LogP contribution is 2.33. The Hall–Kier alpha value is -2.76. The van der Waals surface area contributed by atoms with E-state index in [1.54, 1.807) is 0 Å². The lowest BCUT2D eigenvalue weighted by molar-refractivity contribution is -0.671. The third-order valence-electron chi connectivity index (χ3n) is 5.07. The van der Waals surface area contributed by atoms with E-state index in [0.29, 0.717) is 12.1 Å². The van der Waals surface area contributed by atoms with E-state index in [2.05, 4.69) is 86.8 Å². The van der Waals surface area contributed by atoms with Crippen LogP contribution < -0.4 is 19.8 Å². The van der Waals surface area contributed by atoms with Crippen LogP contribution in [0.4, 0.5) is 11.4 Å². The third-order valence-corrected chi connectivity index (χ3v) is 5.07. The largest absolute Gasteiger partial charge is 0.399 e. The van der Waals surface area contributed by atoms with E-state index in [0.717, 1.165) is 25.2 Å². The molecule has 0 aliphatic carbocycles. The molecule has 2 atom stereocenters. The summed E-state index contributed by atoms with van der Waals surface area (Å²) >= 11 is 0. The van der Waals surface area contributed by atoms with Gasteiger partial charge < -0.3 is 10.6 Å². The quantitative estimate of drug-likeness (QED) is 0.571. The van der Waals surface area contributed by atoms with Crippen molar-refractivity contribution in [2.45, 2.75) is 25.0 Å². The van der Waals surface area contributed by atoms with E-state index in [4.69, 9.17) is 5.73 Å². The van der Waals surface area contributed by atoms with Crippen molar-refractivity contribution >= 4 is 11.4 Å². The molecule has 1 saturated heterocycles. The molecule has 3 heterocycles. The highest BCUT2D eigenvalue weighted by molar-refractivity contribution is 5.54. The number of aryl methyl sites for hydroxylation is 2. The van der Waals surface area contributed by atoms with Gasteiger partial charge in [0.2, 0.25) is 12.7 Å². The number of hydrogen-bond donors (Lipinski definition) is 1. The molecule has 0 bridgehead atoms. The molecular weight excluding hydrogens is 312 g/mol. The summed E-state index contributed by atoms with van der Waals surface area (Å²) in [6.07, 6.45) is 13.9. The summed E-state index contributed by atoms with van der Waals surface area (Å²) in [6, 6.07) is 9.18. The SMILES string of the molecule is C[n+]1ccn(CC2CC(n3cc[n+](C)c3)CN2c2ccc(N)cc2)c1. The van der Waals surface area contributed by atoms with Crippen molar-refractivity contribution in [2.24, 2.45) is 14.1 Å². The molecule has 1 aromatic carbocycles. The molecule has 2 N–H and O–H groups in total. The van der Waals surface area contributed by atoms with E-state index >= 15 is 0 Å². The zero-order valence-corrected chi connectivity index (χ0v) is 14.9. The normalized spacial score (nSPS) is 20.3. The Kier molecular flexibility index (Phi) is 3.95. The number of benzene rings is 1. The molecule has 1 aliphatic heterocycles. The van der Waals surface area contributed by atoms with Crippen LogP contribution in [-0.4, -0.2) is 21.7 Å². The fourth-order valence-electron chi connectivity index (χ4n) is 3.80. The molecule has 0 saturated carbocycles. The lowest BCUT2D eigenvalue weighted by Gasteiger charge is -2.25. The van der Waals surface area contributed by atoms with Crippen molar-refractivity contribution in [3.63, 3.8) is 0 Å². The molecule has 6 nitrogen and oxygen atoms in total. The summed E-state index contributed by atoms with van der Waals surface area (Å²) in [4.78, 5) is 2.52. The minimum absolute atomic E-state index is 0.453. The number of nitrogen functional groups attached to an aromatic ring is 1. The maximum atomic E-state index is 5.88. The highest BCUT2D eigenvalue weighted by atomic mass is 15.3. The van der Waals surface area contributed by atoms with Crippen LogP contribution in [0.3, 0.4) is 0 Å². The van der Waals surface area contributed by atoms with Crippen LogP contribution in [0.5, 0.6) is 0 Å². The lowest BCUT2D eigenvalue weighted by Crippen LogP contribution is -2.33. The fourth-order valence-corrected chi connectivity index (χ4v) is 3.80. The van der Waals surface area contributed by atoms with Gasteiger partial charge in [-0.2, -0.15) is 0 Å². The molecule has 0 spiro atoms. The van der Waals surface area contributed by atoms with Crippen molar-refractivity contribution in [1.29, 1.82) is 0 Å². The van der Waals surface area contributed by atoms with Gasteiger partial charge in [-0.3, -0.25) is 0 Å². The van der Waals surface area contributed by atoms with Crippen LogP contribution in [0, 0.1) is 0 Å². The second kappa shape index (κ2) is 6.27. The molecule has 0 radical (unpaired) electrons. The number of aromatic nitrogens is 4. The van der Waals surface area contributed by atoms with E-state index in [-0.39, 0.29) is 0 Å². The molecule has 130 valence electrons. The first-order valence-corrected chi connectivity index (χ1v) is 8.74. The molecule has 1 aliphatic rings. The zero-order chi connectivity index (χ0) is 17.4. The van der Waals surface area contributed by atoms with Crippen molar-refractivity contribution in [3.8, 4) is 0 Å². The van der Waals surface area contributed by atoms with E-state index in [1.165, 1.54) is 5.69 Å². The van der Waals surface area contributed by atoms with E-state index in [9.17, 15) is 0 Å². The van der Waals surface area contributed by atoms with Crippen LogP contribution in [0.25, 0.3) is 0 Å². The van der Waals surface area contributed by atoms with Gasteiger partial charge >= 0.3 is 0 Å². The topological polar surface area (TPSA) is 46.9 Å². The van der Waals surface area contributed by atoms with Gasteiger partial charge in [-0.25, -0.2) is 18.3 Å². The minimum Gasteiger partial charge on any atom is -0.399 e. The lowest BCUT2D eigenvalue weighted by atomic mass is 10.1. The molecule has 2 unspecified atom stereocenters. The maximum Gasteiger partial charge on any atom is 0.243 e. The van der Waals surface area contributed by atoms with Gasteiger partial charge in [-0.05, 0) is 24.3 Å². The average molecular weight is 338 g/mol. The van der Waals surface area contributed by atoms with E-state index < -0.39 is 0 Å². The van der Waals surface area contributed by atoms with Crippen molar-refractivity contribution in [3.05, 3.63) is 61.7 Å². The second-order valence-electron chi connectivity index (χ2n) is 7.09. The molecule has 0 amide bonds. The van der Waals surface area contributed by atoms with Crippen LogP contribution >= 0.6 is 0 Å². The van der Waals surface area contributed by atoms with Gasteiger partial charge in [0.05, 0.1) is 26.7 Å². The molecule has 25 heavy (non-hydrogen) atoms. The summed E-state index contributed by atoms with van der Waals surface area (Å²) in [7, 11) is 4.13. The number of hydrogen-bond acceptors (Lipinski definition) is 2. The van der Waals surface area contributed by atoms with Gasteiger partial charge in [-0.15, -0.1) is 0 Å². The summed E-state index contributed by atoms with van der Waals surface area (Å²) in [5.41, 5.74) is 7.93. The summed E-state index contributed by atoms with van der Waals surface area (Å²) in [5, 5.41) is 0. The van der Waals surface area contributed by atoms with Crippen molar-refractivity contribution in [1.82, 2.24) is 9.13 Å². The van der Waals surface area contributed by atoms with Crippen LogP contribution in [0.15, 0.2) is 61.7 Å². The van der Waals surface area contributed by atoms with Crippen molar-refractivity contribution < 1.29 is 9.13 Å². The van der Waals surface area contributed by atoms with Crippen LogP contribution in [0.1, 0.15) is 12.5 Å². The Morgan fingerprint density at radius 1 is 1.04 bits per heavy atom. The molecule has 2 aromatic heterocycles. The van der Waals surface area contributed by atoms with Gasteiger partial charge in [0.1, 0.15) is 37.4 Å². The number of anilines is 2. The number of nitrogens with two attached hydrogens (primary N) is 1. The van der Waals surface area contributed by atoms with Gasteiger partial charge in [0.25, 0.3) is 0 Å². The molecule has 3 aromatic rings. The highest BCUT2D eigenvalue weighted by Gasteiger charge is 2.37. The first-order valence-electron chi connectivity index (χ1n) is 8.74. The summed E-state index contributed by atoms with van der Waals surface area (Å²) in [5.74, 6) is 0. The second-order valence-corrected chi connectivity index (χ2v) is 7.09. The zero-order valence-electron chi connectivity index (χ0n) is 14.9. The average Bonchev–Trinajstić information content (AvgIpc) is 3.29. The predicted octanol–water partition coefficient (Wildman–Crippen LogP) is 1.04.